The number of fused-ring (bicyclic) bond motifs is 1. The molecule has 0 bridgehead atoms. The van der Waals surface area contributed by atoms with E-state index in [1.807, 2.05) is 20.8 Å². The Morgan fingerprint density at radius 2 is 2.00 bits per heavy atom. The number of pyridine rings is 1. The van der Waals surface area contributed by atoms with Gasteiger partial charge in [0.1, 0.15) is 5.69 Å². The van der Waals surface area contributed by atoms with Gasteiger partial charge in [-0.25, -0.2) is 0 Å². The number of benzene rings is 1. The van der Waals surface area contributed by atoms with Crippen molar-refractivity contribution in [2.24, 2.45) is 0 Å². The van der Waals surface area contributed by atoms with E-state index in [0.29, 0.717) is 16.3 Å². The number of anilines is 1. The zero-order valence-corrected chi connectivity index (χ0v) is 16.0. The molecular formula is C19H20ClN5O2. The van der Waals surface area contributed by atoms with Crippen molar-refractivity contribution in [1.82, 2.24) is 20.5 Å². The number of amides is 2. The van der Waals surface area contributed by atoms with Crippen LogP contribution in [0, 0.1) is 0 Å². The number of rotatable bonds is 4. The van der Waals surface area contributed by atoms with Gasteiger partial charge in [-0.2, -0.15) is 5.10 Å². The first kappa shape index (κ1) is 18.8. The number of nitrogens with one attached hydrogen (secondary N) is 3. The quantitative estimate of drug-likeness (QED) is 0.641. The van der Waals surface area contributed by atoms with E-state index in [9.17, 15) is 9.59 Å². The molecule has 2 heterocycles. The Balaban J connectivity index is 1.71. The van der Waals surface area contributed by atoms with Gasteiger partial charge in [-0.15, -0.1) is 0 Å². The molecule has 0 aliphatic carbocycles. The van der Waals surface area contributed by atoms with Crippen LogP contribution in [-0.4, -0.2) is 32.5 Å². The number of H-pyrrole nitrogens is 1. The standard InChI is InChI=1S/C19H20ClN5O2/c1-19(2,3)24-18(27)16-9-13(4-5-21-16)23-17(26)8-11-7-15-12(6-14(11)20)10-22-25-15/h4-7,9-10H,8H2,1-3H3,(H,22,25)(H,24,27)(H,21,23,26). The van der Waals surface area contributed by atoms with E-state index in [4.69, 9.17) is 11.6 Å². The second-order valence-electron chi connectivity index (χ2n) is 7.26. The zero-order valence-electron chi connectivity index (χ0n) is 15.3. The highest BCUT2D eigenvalue weighted by atomic mass is 35.5. The number of aromatic nitrogens is 3. The molecule has 0 spiro atoms. The minimum atomic E-state index is -0.375. The first-order valence-corrected chi connectivity index (χ1v) is 8.79. The van der Waals surface area contributed by atoms with Crippen LogP contribution < -0.4 is 10.6 Å². The highest BCUT2D eigenvalue weighted by Crippen LogP contribution is 2.23. The fourth-order valence-electron chi connectivity index (χ4n) is 2.56. The molecule has 3 N–H and O–H groups in total. The fraction of sp³-hybridized carbons (Fsp3) is 0.263. The topological polar surface area (TPSA) is 99.8 Å². The van der Waals surface area contributed by atoms with Crippen LogP contribution in [0.2, 0.25) is 5.02 Å². The van der Waals surface area contributed by atoms with Crippen LogP contribution in [0.3, 0.4) is 0 Å². The third kappa shape index (κ3) is 4.83. The monoisotopic (exact) mass is 385 g/mol. The molecule has 0 aliphatic rings. The molecule has 27 heavy (non-hydrogen) atoms. The van der Waals surface area contributed by atoms with Gasteiger partial charge in [-0.3, -0.25) is 19.7 Å². The lowest BCUT2D eigenvalue weighted by Gasteiger charge is -2.20. The van der Waals surface area contributed by atoms with Gasteiger partial charge in [-0.05, 0) is 50.6 Å². The maximum atomic E-state index is 12.4. The van der Waals surface area contributed by atoms with Gasteiger partial charge in [0.15, 0.2) is 0 Å². The van der Waals surface area contributed by atoms with Gasteiger partial charge in [0.2, 0.25) is 5.91 Å². The van der Waals surface area contributed by atoms with Crippen LogP contribution in [0.25, 0.3) is 10.9 Å². The zero-order chi connectivity index (χ0) is 19.6. The van der Waals surface area contributed by atoms with Crippen molar-refractivity contribution in [3.05, 3.63) is 52.9 Å². The van der Waals surface area contributed by atoms with Crippen molar-refractivity contribution in [3.63, 3.8) is 0 Å². The first-order valence-electron chi connectivity index (χ1n) is 8.41. The van der Waals surface area contributed by atoms with Crippen molar-refractivity contribution in [2.75, 3.05) is 5.32 Å². The number of hydrogen-bond acceptors (Lipinski definition) is 4. The molecule has 0 atom stereocenters. The largest absolute Gasteiger partial charge is 0.346 e. The molecule has 2 aromatic heterocycles. The molecule has 0 aliphatic heterocycles. The SMILES string of the molecule is CC(C)(C)NC(=O)c1cc(NC(=O)Cc2cc3[nH]ncc3cc2Cl)ccn1. The van der Waals surface area contributed by atoms with Crippen LogP contribution in [0.15, 0.2) is 36.7 Å². The Hall–Kier alpha value is -2.93. The van der Waals surface area contributed by atoms with Gasteiger partial charge in [0.25, 0.3) is 5.91 Å². The first-order chi connectivity index (χ1) is 12.7. The highest BCUT2D eigenvalue weighted by Gasteiger charge is 2.17. The van der Waals surface area contributed by atoms with Crippen LogP contribution in [0.1, 0.15) is 36.8 Å². The number of nitrogens with zero attached hydrogens (tertiary/aromatic N) is 2. The minimum Gasteiger partial charge on any atom is -0.346 e. The minimum absolute atomic E-state index is 0.0969. The van der Waals surface area contributed by atoms with E-state index < -0.39 is 0 Å². The number of carbonyl (C=O) groups excluding carboxylic acids is 2. The number of halogens is 1. The van der Waals surface area contributed by atoms with Crippen molar-refractivity contribution in [1.29, 1.82) is 0 Å². The molecule has 3 aromatic rings. The summed E-state index contributed by atoms with van der Waals surface area (Å²) in [7, 11) is 0. The Morgan fingerprint density at radius 1 is 1.22 bits per heavy atom. The summed E-state index contributed by atoms with van der Waals surface area (Å²) >= 11 is 6.25. The molecular weight excluding hydrogens is 366 g/mol. The Morgan fingerprint density at radius 3 is 2.74 bits per heavy atom. The predicted molar refractivity (Wildman–Crippen MR) is 105 cm³/mol. The fourth-order valence-corrected chi connectivity index (χ4v) is 2.80. The van der Waals surface area contributed by atoms with E-state index in [0.717, 1.165) is 10.9 Å². The molecule has 3 rings (SSSR count). The predicted octanol–water partition coefficient (Wildman–Crippen LogP) is 3.32. The van der Waals surface area contributed by atoms with Gasteiger partial charge in [0.05, 0.1) is 18.1 Å². The number of aromatic amines is 1. The lowest BCUT2D eigenvalue weighted by molar-refractivity contribution is -0.115. The van der Waals surface area contributed by atoms with Crippen LogP contribution in [-0.2, 0) is 11.2 Å². The van der Waals surface area contributed by atoms with Crippen LogP contribution in [0.4, 0.5) is 5.69 Å². The second-order valence-corrected chi connectivity index (χ2v) is 7.67. The van der Waals surface area contributed by atoms with Gasteiger partial charge in [-0.1, -0.05) is 11.6 Å². The second kappa shape index (κ2) is 7.36. The van der Waals surface area contributed by atoms with E-state index in [1.54, 1.807) is 30.5 Å². The molecule has 0 unspecified atom stereocenters. The summed E-state index contributed by atoms with van der Waals surface area (Å²) in [5.41, 5.74) is 1.85. The average molecular weight is 386 g/mol. The highest BCUT2D eigenvalue weighted by molar-refractivity contribution is 6.32. The third-order valence-electron chi connectivity index (χ3n) is 3.72. The summed E-state index contributed by atoms with van der Waals surface area (Å²) in [4.78, 5) is 28.7. The lowest BCUT2D eigenvalue weighted by atomic mass is 10.1. The van der Waals surface area contributed by atoms with Gasteiger partial charge >= 0.3 is 0 Å². The molecule has 7 nitrogen and oxygen atoms in total. The number of hydrogen-bond donors (Lipinski definition) is 3. The molecule has 0 radical (unpaired) electrons. The van der Waals surface area contributed by atoms with Crippen molar-refractivity contribution in [3.8, 4) is 0 Å². The Labute approximate surface area is 161 Å². The molecule has 8 heteroatoms. The van der Waals surface area contributed by atoms with Crippen molar-refractivity contribution in [2.45, 2.75) is 32.7 Å². The van der Waals surface area contributed by atoms with Gasteiger partial charge < -0.3 is 10.6 Å². The molecule has 1 aromatic carbocycles. The molecule has 0 saturated heterocycles. The molecule has 140 valence electrons. The average Bonchev–Trinajstić information content (AvgIpc) is 3.01. The smallest absolute Gasteiger partial charge is 0.270 e. The van der Waals surface area contributed by atoms with Crippen molar-refractivity contribution < 1.29 is 9.59 Å². The summed E-state index contributed by atoms with van der Waals surface area (Å²) in [5.74, 6) is -0.546. The normalized spacial score (nSPS) is 11.4. The van der Waals surface area contributed by atoms with Crippen LogP contribution in [0.5, 0.6) is 0 Å². The maximum Gasteiger partial charge on any atom is 0.270 e. The summed E-state index contributed by atoms with van der Waals surface area (Å²) in [6.45, 7) is 5.66. The van der Waals surface area contributed by atoms with E-state index in [1.165, 1.54) is 6.20 Å². The third-order valence-corrected chi connectivity index (χ3v) is 4.07. The Kier molecular flexibility index (Phi) is 5.14. The Bertz CT molecular complexity index is 1010. The van der Waals surface area contributed by atoms with Gasteiger partial charge in [0, 0.05) is 27.8 Å². The maximum absolute atomic E-state index is 12.4. The molecule has 0 saturated carbocycles. The van der Waals surface area contributed by atoms with Crippen molar-refractivity contribution >= 4 is 40.0 Å². The summed E-state index contributed by atoms with van der Waals surface area (Å²) < 4.78 is 0. The molecule has 2 amide bonds. The summed E-state index contributed by atoms with van der Waals surface area (Å²) in [6, 6.07) is 6.74. The lowest BCUT2D eigenvalue weighted by Crippen LogP contribution is -2.40. The van der Waals surface area contributed by atoms with E-state index in [2.05, 4.69) is 25.8 Å². The summed E-state index contributed by atoms with van der Waals surface area (Å²) in [5, 5.41) is 13.8. The number of carbonyl (C=O) groups is 2. The van der Waals surface area contributed by atoms with Crippen LogP contribution >= 0.6 is 11.6 Å². The molecule has 0 fully saturated rings. The summed E-state index contributed by atoms with van der Waals surface area (Å²) in [6.07, 6.45) is 3.25. The van der Waals surface area contributed by atoms with E-state index in [-0.39, 0.29) is 29.5 Å². The van der Waals surface area contributed by atoms with E-state index >= 15 is 0 Å².